The van der Waals surface area contributed by atoms with Gasteiger partial charge in [0.15, 0.2) is 0 Å². The first-order chi connectivity index (χ1) is 6.36. The Labute approximate surface area is 77.8 Å². The maximum absolute atomic E-state index is 7.86. The molecule has 2 fully saturated rings. The summed E-state index contributed by atoms with van der Waals surface area (Å²) in [6.07, 6.45) is 11.0. The molecular formula is C11H13NO. The number of ether oxygens (including phenoxy) is 1. The first-order valence-electron chi connectivity index (χ1n) is 4.94. The summed E-state index contributed by atoms with van der Waals surface area (Å²) in [6, 6.07) is 0. The Hall–Kier alpha value is -0.890. The van der Waals surface area contributed by atoms with Crippen LogP contribution in [0.5, 0.6) is 0 Å². The number of fused-ring (bicyclic) bond motifs is 3. The molecule has 1 aliphatic heterocycles. The van der Waals surface area contributed by atoms with Crippen molar-refractivity contribution in [3.05, 3.63) is 24.3 Å². The van der Waals surface area contributed by atoms with Crippen LogP contribution in [0.15, 0.2) is 24.3 Å². The van der Waals surface area contributed by atoms with E-state index in [2.05, 4.69) is 18.2 Å². The normalized spacial score (nSPS) is 46.6. The molecule has 0 radical (unpaired) electrons. The minimum absolute atomic E-state index is 0.251. The maximum Gasteiger partial charge on any atom is 0.0832 e. The molecule has 4 atom stereocenters. The smallest absolute Gasteiger partial charge is 0.0832 e. The number of allylic oxidation sites excluding steroid dienone is 2. The summed E-state index contributed by atoms with van der Waals surface area (Å²) in [6.45, 7) is 0. The fraction of sp³-hybridized carbons (Fsp3) is 0.545. The van der Waals surface area contributed by atoms with Gasteiger partial charge in [-0.3, -0.25) is 0 Å². The van der Waals surface area contributed by atoms with Crippen LogP contribution in [0.4, 0.5) is 0 Å². The van der Waals surface area contributed by atoms with Gasteiger partial charge in [0.05, 0.1) is 12.2 Å². The van der Waals surface area contributed by atoms with Crippen molar-refractivity contribution in [3.63, 3.8) is 0 Å². The van der Waals surface area contributed by atoms with Crippen LogP contribution in [-0.2, 0) is 4.74 Å². The number of nitrogens with one attached hydrogen (secondary N) is 1. The predicted octanol–water partition coefficient (Wildman–Crippen LogP) is 1.93. The lowest BCUT2D eigenvalue weighted by molar-refractivity contribution is 0.0625. The molecule has 0 amide bonds. The summed E-state index contributed by atoms with van der Waals surface area (Å²) in [7, 11) is 0. The van der Waals surface area contributed by atoms with Crippen LogP contribution in [0.2, 0.25) is 0 Å². The largest absolute Gasteiger partial charge is 0.370 e. The highest BCUT2D eigenvalue weighted by Crippen LogP contribution is 2.43. The SMILES string of the molecule is N=C1CCC2OC3C=CC=CC3C12. The summed E-state index contributed by atoms with van der Waals surface area (Å²) in [5.41, 5.74) is 0.900. The summed E-state index contributed by atoms with van der Waals surface area (Å²) in [5.74, 6) is 0.830. The fourth-order valence-corrected chi connectivity index (χ4v) is 2.77. The second-order valence-corrected chi connectivity index (χ2v) is 4.08. The van der Waals surface area contributed by atoms with Gasteiger partial charge in [-0.15, -0.1) is 0 Å². The highest BCUT2D eigenvalue weighted by atomic mass is 16.5. The van der Waals surface area contributed by atoms with Gasteiger partial charge in [0.2, 0.25) is 0 Å². The zero-order valence-corrected chi connectivity index (χ0v) is 7.44. The lowest BCUT2D eigenvalue weighted by Crippen LogP contribution is -2.22. The predicted molar refractivity (Wildman–Crippen MR) is 50.9 cm³/mol. The molecular weight excluding hydrogens is 162 g/mol. The van der Waals surface area contributed by atoms with Crippen LogP contribution in [0.3, 0.4) is 0 Å². The summed E-state index contributed by atoms with van der Waals surface area (Å²) < 4.78 is 5.88. The van der Waals surface area contributed by atoms with Crippen LogP contribution in [0, 0.1) is 17.2 Å². The molecule has 1 heterocycles. The van der Waals surface area contributed by atoms with Gasteiger partial charge in [0.1, 0.15) is 0 Å². The molecule has 0 aromatic carbocycles. The molecule has 0 spiro atoms. The van der Waals surface area contributed by atoms with Crippen LogP contribution < -0.4 is 0 Å². The van der Waals surface area contributed by atoms with E-state index in [1.165, 1.54) is 0 Å². The molecule has 3 aliphatic rings. The van der Waals surface area contributed by atoms with Crippen molar-refractivity contribution < 1.29 is 4.74 Å². The van der Waals surface area contributed by atoms with Crippen molar-refractivity contribution in [2.75, 3.05) is 0 Å². The van der Waals surface area contributed by atoms with E-state index in [4.69, 9.17) is 10.1 Å². The first-order valence-corrected chi connectivity index (χ1v) is 4.94. The second kappa shape index (κ2) is 2.55. The Morgan fingerprint density at radius 3 is 3.08 bits per heavy atom. The third-order valence-electron chi connectivity index (χ3n) is 3.37. The van der Waals surface area contributed by atoms with Gasteiger partial charge < -0.3 is 10.1 Å². The summed E-state index contributed by atoms with van der Waals surface area (Å²) >= 11 is 0. The van der Waals surface area contributed by atoms with Crippen LogP contribution >= 0.6 is 0 Å². The van der Waals surface area contributed by atoms with Crippen molar-refractivity contribution in [3.8, 4) is 0 Å². The minimum Gasteiger partial charge on any atom is -0.370 e. The lowest BCUT2D eigenvalue weighted by atomic mass is 9.85. The molecule has 4 unspecified atom stereocenters. The Bertz CT molecular complexity index is 305. The average molecular weight is 175 g/mol. The van der Waals surface area contributed by atoms with E-state index in [1.807, 2.05) is 6.08 Å². The third kappa shape index (κ3) is 0.953. The van der Waals surface area contributed by atoms with Gasteiger partial charge in [0.25, 0.3) is 0 Å². The van der Waals surface area contributed by atoms with Crippen molar-refractivity contribution >= 4 is 5.71 Å². The molecule has 3 rings (SSSR count). The zero-order valence-electron chi connectivity index (χ0n) is 7.44. The lowest BCUT2D eigenvalue weighted by Gasteiger charge is -2.18. The fourth-order valence-electron chi connectivity index (χ4n) is 2.77. The van der Waals surface area contributed by atoms with Crippen molar-refractivity contribution in [1.29, 1.82) is 5.41 Å². The van der Waals surface area contributed by atoms with E-state index in [1.54, 1.807) is 0 Å². The van der Waals surface area contributed by atoms with Crippen LogP contribution in [0.25, 0.3) is 0 Å². The van der Waals surface area contributed by atoms with Crippen molar-refractivity contribution in [1.82, 2.24) is 0 Å². The summed E-state index contributed by atoms with van der Waals surface area (Å²) in [4.78, 5) is 0. The zero-order chi connectivity index (χ0) is 8.84. The van der Waals surface area contributed by atoms with Gasteiger partial charge in [0, 0.05) is 17.5 Å². The van der Waals surface area contributed by atoms with Crippen molar-refractivity contribution in [2.24, 2.45) is 11.8 Å². The van der Waals surface area contributed by atoms with Gasteiger partial charge >= 0.3 is 0 Å². The molecule has 2 heteroatoms. The van der Waals surface area contributed by atoms with Crippen LogP contribution in [0.1, 0.15) is 12.8 Å². The number of hydrogen-bond donors (Lipinski definition) is 1. The monoisotopic (exact) mass is 175 g/mol. The molecule has 1 saturated heterocycles. The Morgan fingerprint density at radius 1 is 1.31 bits per heavy atom. The standard InChI is InChI=1S/C11H13NO/c12-8-5-6-10-11(8)7-3-1-2-4-9(7)13-10/h1-4,7,9-12H,5-6H2. The van der Waals surface area contributed by atoms with Crippen LogP contribution in [-0.4, -0.2) is 17.9 Å². The van der Waals surface area contributed by atoms with Gasteiger partial charge in [-0.05, 0) is 12.8 Å². The van der Waals surface area contributed by atoms with E-state index in [-0.39, 0.29) is 6.10 Å². The van der Waals surface area contributed by atoms with E-state index >= 15 is 0 Å². The minimum atomic E-state index is 0.251. The first kappa shape index (κ1) is 7.51. The van der Waals surface area contributed by atoms with E-state index < -0.39 is 0 Å². The van der Waals surface area contributed by atoms with Crippen molar-refractivity contribution in [2.45, 2.75) is 25.0 Å². The number of hydrogen-bond acceptors (Lipinski definition) is 2. The van der Waals surface area contributed by atoms with Gasteiger partial charge in [-0.1, -0.05) is 24.3 Å². The quantitative estimate of drug-likeness (QED) is 0.599. The molecule has 0 bridgehead atoms. The van der Waals surface area contributed by atoms with E-state index in [0.29, 0.717) is 17.9 Å². The van der Waals surface area contributed by atoms with Gasteiger partial charge in [-0.25, -0.2) is 0 Å². The molecule has 13 heavy (non-hydrogen) atoms. The van der Waals surface area contributed by atoms with E-state index in [0.717, 1.165) is 18.6 Å². The second-order valence-electron chi connectivity index (χ2n) is 4.08. The third-order valence-corrected chi connectivity index (χ3v) is 3.37. The highest BCUT2D eigenvalue weighted by Gasteiger charge is 2.47. The molecule has 2 nitrogen and oxygen atoms in total. The maximum atomic E-state index is 7.86. The topological polar surface area (TPSA) is 33.1 Å². The average Bonchev–Trinajstić information content (AvgIpc) is 2.66. The molecule has 0 aromatic rings. The highest BCUT2D eigenvalue weighted by molar-refractivity contribution is 5.87. The molecule has 1 N–H and O–H groups in total. The molecule has 1 saturated carbocycles. The summed E-state index contributed by atoms with van der Waals surface area (Å²) in [5, 5.41) is 7.86. The molecule has 68 valence electrons. The van der Waals surface area contributed by atoms with Gasteiger partial charge in [-0.2, -0.15) is 0 Å². The number of rotatable bonds is 0. The molecule has 0 aromatic heterocycles. The Balaban J connectivity index is 1.95. The van der Waals surface area contributed by atoms with E-state index in [9.17, 15) is 0 Å². The Kier molecular flexibility index (Phi) is 1.47. The Morgan fingerprint density at radius 2 is 2.15 bits per heavy atom. The molecule has 2 aliphatic carbocycles.